The Labute approximate surface area is 251 Å². The van der Waals surface area contributed by atoms with Crippen LogP contribution in [0.4, 0.5) is 5.00 Å². The molecule has 2 N–H and O–H groups in total. The van der Waals surface area contributed by atoms with E-state index in [1.54, 1.807) is 19.9 Å². The molecule has 0 saturated carbocycles. The van der Waals surface area contributed by atoms with Gasteiger partial charge in [0.2, 0.25) is 5.91 Å². The first-order valence-electron chi connectivity index (χ1n) is 12.7. The van der Waals surface area contributed by atoms with Crippen molar-refractivity contribution in [1.29, 1.82) is 0 Å². The van der Waals surface area contributed by atoms with Crippen molar-refractivity contribution in [1.82, 2.24) is 20.1 Å². The second kappa shape index (κ2) is 12.7. The summed E-state index contributed by atoms with van der Waals surface area (Å²) < 4.78 is 8.03. The van der Waals surface area contributed by atoms with Gasteiger partial charge in [0, 0.05) is 15.0 Å². The number of hydrogen-bond acceptors (Lipinski definition) is 9. The number of thiophene rings is 2. The fourth-order valence-electron chi connectivity index (χ4n) is 4.33. The predicted molar refractivity (Wildman–Crippen MR) is 161 cm³/mol. The lowest BCUT2D eigenvalue weighted by Crippen LogP contribution is -2.25. The summed E-state index contributed by atoms with van der Waals surface area (Å²) in [5, 5.41) is 16.9. The smallest absolute Gasteiger partial charge is 0.341 e. The molecule has 3 heterocycles. The molecule has 0 radical (unpaired) electrons. The second-order valence-electron chi connectivity index (χ2n) is 8.90. The number of nitrogens with zero attached hydrogens (tertiary/aromatic N) is 3. The third kappa shape index (κ3) is 6.17. The Bertz CT molecular complexity index is 1530. The van der Waals surface area contributed by atoms with Crippen molar-refractivity contribution in [2.75, 3.05) is 11.9 Å². The lowest BCUT2D eigenvalue weighted by atomic mass is 10.1. The van der Waals surface area contributed by atoms with E-state index in [-0.39, 0.29) is 25.0 Å². The van der Waals surface area contributed by atoms with Gasteiger partial charge in [0.25, 0.3) is 5.91 Å². The van der Waals surface area contributed by atoms with Crippen LogP contribution in [0.2, 0.25) is 0 Å². The van der Waals surface area contributed by atoms with Crippen LogP contribution in [0.3, 0.4) is 0 Å². The number of anilines is 1. The number of aromatic nitrogens is 3. The van der Waals surface area contributed by atoms with E-state index in [1.165, 1.54) is 34.4 Å². The summed E-state index contributed by atoms with van der Waals surface area (Å²) in [7, 11) is 0. The van der Waals surface area contributed by atoms with E-state index in [1.807, 2.05) is 40.3 Å². The summed E-state index contributed by atoms with van der Waals surface area (Å²) >= 11 is 7.52. The van der Waals surface area contributed by atoms with E-state index in [0.29, 0.717) is 26.4 Å². The Hall–Kier alpha value is -3.00. The first-order valence-corrected chi connectivity index (χ1v) is 16.0. The first-order chi connectivity index (χ1) is 19.4. The van der Waals surface area contributed by atoms with Crippen LogP contribution in [-0.2, 0) is 28.9 Å². The lowest BCUT2D eigenvalue weighted by molar-refractivity contribution is -0.115. The van der Waals surface area contributed by atoms with Crippen molar-refractivity contribution in [2.45, 2.75) is 50.1 Å². The quantitative estimate of drug-likeness (QED) is 0.162. The molecule has 0 saturated heterocycles. The molecule has 40 heavy (non-hydrogen) atoms. The molecule has 1 atom stereocenters. The molecule has 5 rings (SSSR count). The number of carbonyl (C=O) groups is 3. The van der Waals surface area contributed by atoms with Gasteiger partial charge in [0.05, 0.1) is 28.8 Å². The molecule has 0 fully saturated rings. The topological polar surface area (TPSA) is 115 Å². The Morgan fingerprint density at radius 3 is 2.70 bits per heavy atom. The zero-order valence-corrected chi connectivity index (χ0v) is 25.8. The number of hydrogen-bond donors (Lipinski definition) is 2. The SMILES string of the molecule is CCOC(=O)c1c(NC(=O)[C@@H](C)Sc2nnc(CNC(=O)c3cccs3)n2-c2ccc(Br)cc2)sc2c1CCC2. The molecule has 4 aromatic rings. The zero-order chi connectivity index (χ0) is 28.2. The van der Waals surface area contributed by atoms with Crippen molar-refractivity contribution in [2.24, 2.45) is 0 Å². The molecule has 1 aromatic carbocycles. The molecule has 1 aliphatic carbocycles. The summed E-state index contributed by atoms with van der Waals surface area (Å²) in [6.45, 7) is 3.98. The van der Waals surface area contributed by atoms with Gasteiger partial charge in [-0.25, -0.2) is 4.79 Å². The van der Waals surface area contributed by atoms with Crippen molar-refractivity contribution in [3.63, 3.8) is 0 Å². The number of halogens is 1. The number of rotatable bonds is 10. The highest BCUT2D eigenvalue weighted by Crippen LogP contribution is 2.40. The van der Waals surface area contributed by atoms with Crippen LogP contribution < -0.4 is 10.6 Å². The van der Waals surface area contributed by atoms with Crippen LogP contribution in [0.15, 0.2) is 51.4 Å². The Balaban J connectivity index is 1.36. The van der Waals surface area contributed by atoms with Gasteiger partial charge < -0.3 is 15.4 Å². The molecule has 208 valence electrons. The maximum Gasteiger partial charge on any atom is 0.341 e. The minimum Gasteiger partial charge on any atom is -0.462 e. The molecule has 0 bridgehead atoms. The standard InChI is InChI=1S/C27H26BrN5O4S3/c1-3-37-26(36)22-18-6-4-7-19(18)40-25(22)30-23(34)15(2)39-27-32-31-21(14-29-24(35)20-8-5-13-38-20)33(27)17-11-9-16(28)10-12-17/h5,8-13,15H,3-4,6-7,14H2,1-2H3,(H,29,35)(H,30,34)/t15-/m1/s1. The molecule has 0 aliphatic heterocycles. The summed E-state index contributed by atoms with van der Waals surface area (Å²) in [4.78, 5) is 40.3. The third-order valence-corrected chi connectivity index (χ3v) is 9.87. The van der Waals surface area contributed by atoms with Crippen LogP contribution in [0.1, 0.15) is 56.6 Å². The van der Waals surface area contributed by atoms with Crippen LogP contribution in [0.5, 0.6) is 0 Å². The predicted octanol–water partition coefficient (Wildman–Crippen LogP) is 5.87. The maximum atomic E-state index is 13.3. The molecule has 13 heteroatoms. The van der Waals surface area contributed by atoms with Gasteiger partial charge in [-0.2, -0.15) is 0 Å². The van der Waals surface area contributed by atoms with E-state index in [9.17, 15) is 14.4 Å². The summed E-state index contributed by atoms with van der Waals surface area (Å²) in [6, 6.07) is 11.2. The van der Waals surface area contributed by atoms with Crippen LogP contribution in [0.25, 0.3) is 5.69 Å². The first kappa shape index (κ1) is 28.5. The normalized spacial score (nSPS) is 13.1. The lowest BCUT2D eigenvalue weighted by Gasteiger charge is -2.14. The number of benzene rings is 1. The van der Waals surface area contributed by atoms with Crippen LogP contribution in [-0.4, -0.2) is 44.4 Å². The number of thioether (sulfide) groups is 1. The Kier molecular flexibility index (Phi) is 9.03. The highest BCUT2D eigenvalue weighted by atomic mass is 79.9. The van der Waals surface area contributed by atoms with E-state index >= 15 is 0 Å². The monoisotopic (exact) mass is 659 g/mol. The largest absolute Gasteiger partial charge is 0.462 e. The minimum absolute atomic E-state index is 0.157. The molecule has 9 nitrogen and oxygen atoms in total. The highest BCUT2D eigenvalue weighted by Gasteiger charge is 2.30. The molecule has 3 aromatic heterocycles. The maximum absolute atomic E-state index is 13.3. The molecule has 0 unspecified atom stereocenters. The molecular formula is C27H26BrN5O4S3. The van der Waals surface area contributed by atoms with Gasteiger partial charge in [-0.05, 0) is 74.4 Å². The number of carbonyl (C=O) groups excluding carboxylic acids is 3. The third-order valence-electron chi connectivity index (χ3n) is 6.23. The average Bonchev–Trinajstić information content (AvgIpc) is 3.73. The summed E-state index contributed by atoms with van der Waals surface area (Å²) in [5.74, 6) is -0.320. The fraction of sp³-hybridized carbons (Fsp3) is 0.296. The van der Waals surface area contributed by atoms with Gasteiger partial charge in [-0.1, -0.05) is 33.8 Å². The Morgan fingerprint density at radius 1 is 1.18 bits per heavy atom. The van der Waals surface area contributed by atoms with Gasteiger partial charge in [-0.15, -0.1) is 32.9 Å². The van der Waals surface area contributed by atoms with Crippen molar-refractivity contribution >= 4 is 73.2 Å². The van der Waals surface area contributed by atoms with E-state index in [4.69, 9.17) is 4.74 Å². The van der Waals surface area contributed by atoms with Crippen LogP contribution in [0, 0.1) is 0 Å². The summed E-state index contributed by atoms with van der Waals surface area (Å²) in [6.07, 6.45) is 2.70. The number of aryl methyl sites for hydroxylation is 1. The van der Waals surface area contributed by atoms with Gasteiger partial charge in [-0.3, -0.25) is 14.2 Å². The number of ether oxygens (including phenoxy) is 1. The Morgan fingerprint density at radius 2 is 1.98 bits per heavy atom. The van der Waals surface area contributed by atoms with E-state index in [2.05, 4.69) is 36.8 Å². The molecule has 0 spiro atoms. The average molecular weight is 661 g/mol. The number of nitrogens with one attached hydrogen (secondary N) is 2. The van der Waals surface area contributed by atoms with E-state index in [0.717, 1.165) is 39.9 Å². The van der Waals surface area contributed by atoms with E-state index < -0.39 is 11.2 Å². The van der Waals surface area contributed by atoms with Gasteiger partial charge in [0.1, 0.15) is 5.00 Å². The number of fused-ring (bicyclic) bond motifs is 1. The summed E-state index contributed by atoms with van der Waals surface area (Å²) in [5.41, 5.74) is 2.26. The zero-order valence-electron chi connectivity index (χ0n) is 21.7. The van der Waals surface area contributed by atoms with Crippen molar-refractivity contribution in [3.05, 3.63) is 73.0 Å². The van der Waals surface area contributed by atoms with Crippen molar-refractivity contribution in [3.8, 4) is 5.69 Å². The molecule has 1 aliphatic rings. The molecule has 2 amide bonds. The number of esters is 1. The van der Waals surface area contributed by atoms with Crippen LogP contribution >= 0.6 is 50.4 Å². The number of amides is 2. The fourth-order valence-corrected chi connectivity index (χ4v) is 7.40. The van der Waals surface area contributed by atoms with Crippen molar-refractivity contribution < 1.29 is 19.1 Å². The minimum atomic E-state index is -0.557. The molecular weight excluding hydrogens is 634 g/mol. The second-order valence-corrected chi connectivity index (χ2v) is 13.2. The van der Waals surface area contributed by atoms with Gasteiger partial charge >= 0.3 is 5.97 Å². The highest BCUT2D eigenvalue weighted by molar-refractivity contribution is 9.10. The van der Waals surface area contributed by atoms with Gasteiger partial charge in [0.15, 0.2) is 11.0 Å².